The second-order valence-corrected chi connectivity index (χ2v) is 12.6. The van der Waals surface area contributed by atoms with E-state index in [2.05, 4.69) is 5.32 Å². The molecule has 1 fully saturated rings. The summed E-state index contributed by atoms with van der Waals surface area (Å²) in [6.07, 6.45) is -1.60. The Balaban J connectivity index is 0.00000552. The van der Waals surface area contributed by atoms with Crippen LogP contribution in [-0.2, 0) is 31.7 Å². The van der Waals surface area contributed by atoms with Crippen molar-refractivity contribution in [2.75, 3.05) is 33.0 Å². The summed E-state index contributed by atoms with van der Waals surface area (Å²) < 4.78 is 54.4. The number of hydrogen-bond acceptors (Lipinski definition) is 7. The van der Waals surface area contributed by atoms with Crippen LogP contribution in [0.15, 0.2) is 24.4 Å². The van der Waals surface area contributed by atoms with Crippen molar-refractivity contribution in [2.24, 2.45) is 5.73 Å². The molecule has 3 N–H and O–H groups in total. The number of likely N-dealkylation sites (N-methyl/N-ethyl adjacent to an activating group) is 1. The van der Waals surface area contributed by atoms with Crippen LogP contribution in [0.25, 0.3) is 5.69 Å². The number of carbonyl (C=O) groups excluding carboxylic acids is 4. The summed E-state index contributed by atoms with van der Waals surface area (Å²) in [5.41, 5.74) is 5.59. The molecule has 1 aromatic heterocycles. The Hall–Kier alpha value is -3.58. The van der Waals surface area contributed by atoms with E-state index in [0.717, 1.165) is 6.20 Å². The molecule has 1 unspecified atom stereocenters. The molecular formula is C31H40ClF3N4O6. The summed E-state index contributed by atoms with van der Waals surface area (Å²) in [5, 5.41) is 3.32. The third kappa shape index (κ3) is 9.23. The van der Waals surface area contributed by atoms with Gasteiger partial charge in [-0.3, -0.25) is 19.2 Å². The Kier molecular flexibility index (Phi) is 11.4. The predicted octanol–water partition coefficient (Wildman–Crippen LogP) is 1.41. The van der Waals surface area contributed by atoms with Gasteiger partial charge in [0.25, 0.3) is 5.91 Å². The predicted molar refractivity (Wildman–Crippen MR) is 155 cm³/mol. The molecule has 1 saturated carbocycles. The van der Waals surface area contributed by atoms with Crippen molar-refractivity contribution < 1.29 is 58.7 Å². The number of Topliss-reactive ketones (excluding diaryl/α,β-unsaturated/α-hetero) is 1. The third-order valence-electron chi connectivity index (χ3n) is 7.87. The molecule has 1 atom stereocenters. The number of nitrogens with two attached hydrogens (primary N) is 1. The van der Waals surface area contributed by atoms with Crippen molar-refractivity contribution >= 4 is 29.3 Å². The Bertz CT molecular complexity index is 1430. The zero-order valence-corrected chi connectivity index (χ0v) is 26.6. The largest absolute Gasteiger partial charge is 1.00 e. The summed E-state index contributed by atoms with van der Waals surface area (Å²) in [4.78, 5) is 48.9. The molecule has 4 rings (SSSR count). The molecule has 14 heteroatoms. The minimum atomic E-state index is -4.69. The molecule has 0 bridgehead atoms. The monoisotopic (exact) mass is 656 g/mol. The number of ketones is 1. The Morgan fingerprint density at radius 2 is 1.78 bits per heavy atom. The first-order chi connectivity index (χ1) is 20.5. The average Bonchev–Trinajstić information content (AvgIpc) is 3.30. The van der Waals surface area contributed by atoms with Crippen molar-refractivity contribution in [3.8, 4) is 5.69 Å². The molecule has 1 heterocycles. The summed E-state index contributed by atoms with van der Waals surface area (Å²) in [7, 11) is 5.80. The number of anilines is 1. The maximum Gasteiger partial charge on any atom is 0.418 e. The number of esters is 2. The van der Waals surface area contributed by atoms with E-state index in [1.165, 1.54) is 23.6 Å². The molecule has 0 radical (unpaired) electrons. The van der Waals surface area contributed by atoms with Crippen LogP contribution in [0.1, 0.15) is 83.8 Å². The standard InChI is InChI=1S/C31H39F3N4O6.ClH/c1-18(39)43-22(17-38(2,3)4)15-28(41)44-21-11-8-19(9-12-21)36-25-14-20(10-13-23(25)30(35)42)37-16-24(31(32,33)34)29-26(37)6-5-7-27(29)40;/h10,13-14,16,19,21-22H,5-9,11-12,15,17H2,1-4H3,(H2-,35,36,42);1H/t19-,21-,22?;. The fourth-order valence-corrected chi connectivity index (χ4v) is 6.06. The Labute approximate surface area is 266 Å². The van der Waals surface area contributed by atoms with Crippen molar-refractivity contribution in [1.29, 1.82) is 0 Å². The van der Waals surface area contributed by atoms with Crippen LogP contribution < -0.4 is 23.5 Å². The quantitative estimate of drug-likeness (QED) is 0.292. The van der Waals surface area contributed by atoms with Crippen molar-refractivity contribution in [1.82, 2.24) is 4.57 Å². The van der Waals surface area contributed by atoms with Gasteiger partial charge in [-0.05, 0) is 56.7 Å². The summed E-state index contributed by atoms with van der Waals surface area (Å²) in [5.74, 6) is -2.14. The van der Waals surface area contributed by atoms with Gasteiger partial charge in [0.15, 0.2) is 11.9 Å². The highest BCUT2D eigenvalue weighted by Gasteiger charge is 2.40. The maximum atomic E-state index is 13.8. The number of amides is 1. The van der Waals surface area contributed by atoms with Gasteiger partial charge in [0.1, 0.15) is 12.6 Å². The van der Waals surface area contributed by atoms with Gasteiger partial charge in [-0.15, -0.1) is 0 Å². The lowest BCUT2D eigenvalue weighted by molar-refractivity contribution is -0.873. The molecule has 248 valence electrons. The molecular weight excluding hydrogens is 617 g/mol. The first-order valence-corrected chi connectivity index (χ1v) is 14.7. The molecule has 1 amide bonds. The maximum absolute atomic E-state index is 13.8. The topological polar surface area (TPSA) is 130 Å². The van der Waals surface area contributed by atoms with Crippen LogP contribution in [-0.4, -0.2) is 78.6 Å². The molecule has 45 heavy (non-hydrogen) atoms. The number of fused-ring (bicyclic) bond motifs is 1. The van der Waals surface area contributed by atoms with E-state index in [1.54, 1.807) is 6.07 Å². The van der Waals surface area contributed by atoms with Crippen molar-refractivity contribution in [2.45, 2.75) is 82.7 Å². The number of alkyl halides is 3. The zero-order valence-electron chi connectivity index (χ0n) is 25.8. The van der Waals surface area contributed by atoms with Gasteiger partial charge in [-0.1, -0.05) is 0 Å². The number of carbonyl (C=O) groups is 4. The highest BCUT2D eigenvalue weighted by atomic mass is 35.5. The number of primary amides is 1. The van der Waals surface area contributed by atoms with E-state index in [1.807, 2.05) is 21.1 Å². The minimum Gasteiger partial charge on any atom is -1.00 e. The smallest absolute Gasteiger partial charge is 0.418 e. The summed E-state index contributed by atoms with van der Waals surface area (Å²) in [6.45, 7) is 1.75. The van der Waals surface area contributed by atoms with Gasteiger partial charge in [0.05, 0.1) is 44.3 Å². The van der Waals surface area contributed by atoms with Gasteiger partial charge in [0.2, 0.25) is 0 Å². The third-order valence-corrected chi connectivity index (χ3v) is 7.87. The molecule has 0 saturated heterocycles. The summed E-state index contributed by atoms with van der Waals surface area (Å²) >= 11 is 0. The number of ether oxygens (including phenoxy) is 2. The first-order valence-electron chi connectivity index (χ1n) is 14.7. The van der Waals surface area contributed by atoms with Crippen LogP contribution in [0, 0.1) is 0 Å². The van der Waals surface area contributed by atoms with Crippen LogP contribution in [0.4, 0.5) is 18.9 Å². The highest BCUT2D eigenvalue weighted by Crippen LogP contribution is 2.39. The van der Waals surface area contributed by atoms with Crippen molar-refractivity contribution in [3.05, 3.63) is 46.8 Å². The van der Waals surface area contributed by atoms with Crippen LogP contribution in [0.2, 0.25) is 0 Å². The first kappa shape index (κ1) is 35.9. The molecule has 0 aliphatic heterocycles. The molecule has 2 aromatic rings. The molecule has 1 aromatic carbocycles. The van der Waals surface area contributed by atoms with E-state index >= 15 is 0 Å². The Morgan fingerprint density at radius 1 is 1.11 bits per heavy atom. The fourth-order valence-electron chi connectivity index (χ4n) is 6.06. The number of hydrogen-bond donors (Lipinski definition) is 2. The van der Waals surface area contributed by atoms with Crippen LogP contribution in [0.5, 0.6) is 0 Å². The van der Waals surface area contributed by atoms with Gasteiger partial charge in [-0.25, -0.2) is 0 Å². The Morgan fingerprint density at radius 3 is 2.36 bits per heavy atom. The zero-order chi connectivity index (χ0) is 32.4. The summed E-state index contributed by atoms with van der Waals surface area (Å²) in [6, 6.07) is 4.45. The van der Waals surface area contributed by atoms with Gasteiger partial charge in [0, 0.05) is 42.7 Å². The lowest BCUT2D eigenvalue weighted by Crippen LogP contribution is -3.00. The minimum absolute atomic E-state index is 0. The number of halogens is 4. The molecule has 0 spiro atoms. The van der Waals surface area contributed by atoms with Crippen LogP contribution >= 0.6 is 0 Å². The van der Waals surface area contributed by atoms with E-state index in [-0.39, 0.29) is 48.5 Å². The number of nitrogens with zero attached hydrogens (tertiary/aromatic N) is 2. The molecule has 10 nitrogen and oxygen atoms in total. The number of quaternary nitrogens is 1. The number of aromatic nitrogens is 1. The number of nitrogens with one attached hydrogen (secondary N) is 1. The van der Waals surface area contributed by atoms with E-state index < -0.39 is 41.5 Å². The van der Waals surface area contributed by atoms with E-state index in [9.17, 15) is 32.3 Å². The van der Waals surface area contributed by atoms with Gasteiger partial charge in [-0.2, -0.15) is 13.2 Å². The number of benzene rings is 1. The molecule has 2 aliphatic carbocycles. The average molecular weight is 657 g/mol. The second-order valence-electron chi connectivity index (χ2n) is 12.6. The van der Waals surface area contributed by atoms with Gasteiger partial charge >= 0.3 is 18.1 Å². The van der Waals surface area contributed by atoms with Gasteiger partial charge < -0.3 is 42.0 Å². The fraction of sp³-hybridized carbons (Fsp3) is 0.548. The van der Waals surface area contributed by atoms with Crippen molar-refractivity contribution in [3.63, 3.8) is 0 Å². The second kappa shape index (κ2) is 14.2. The SMILES string of the molecule is CC(=O)OC(CC(=O)O[C@H]1CC[C@H](Nc2cc(-n3cc(C(F)(F)F)c4c3CCCC4=O)ccc2C(N)=O)CC1)C[N+](C)(C)C.[Cl-]. The normalized spacial score (nSPS) is 19.1. The molecule has 2 aliphatic rings. The highest BCUT2D eigenvalue weighted by molar-refractivity contribution is 6.00. The van der Waals surface area contributed by atoms with E-state index in [0.29, 0.717) is 66.6 Å². The van der Waals surface area contributed by atoms with Crippen LogP contribution in [0.3, 0.4) is 0 Å². The lowest BCUT2D eigenvalue weighted by Gasteiger charge is -2.31. The lowest BCUT2D eigenvalue weighted by atomic mass is 9.92. The number of rotatable bonds is 10. The van der Waals surface area contributed by atoms with E-state index in [4.69, 9.17) is 15.2 Å².